The molecule has 1 amide bonds. The van der Waals surface area contributed by atoms with Gasteiger partial charge in [0.25, 0.3) is 0 Å². The molecule has 0 spiro atoms. The lowest BCUT2D eigenvalue weighted by Crippen LogP contribution is -2.19. The molecular formula is C21H21FN4O2S2. The number of hydrogen-bond acceptors (Lipinski definition) is 7. The van der Waals surface area contributed by atoms with Crippen LogP contribution in [0.1, 0.15) is 23.7 Å². The van der Waals surface area contributed by atoms with E-state index < -0.39 is 5.25 Å². The Kier molecular flexibility index (Phi) is 6.93. The average molecular weight is 445 g/mol. The van der Waals surface area contributed by atoms with Crippen LogP contribution in [-0.2, 0) is 9.53 Å². The molecule has 0 aliphatic carbocycles. The normalized spacial score (nSPS) is 16.9. The van der Waals surface area contributed by atoms with E-state index in [4.69, 9.17) is 4.74 Å². The Bertz CT molecular complexity index is 963. The molecule has 0 radical (unpaired) electrons. The second kappa shape index (κ2) is 10.0. The predicted octanol–water partition coefficient (Wildman–Crippen LogP) is 4.74. The van der Waals surface area contributed by atoms with Gasteiger partial charge in [-0.15, -0.1) is 10.2 Å². The van der Waals surface area contributed by atoms with Gasteiger partial charge in [0, 0.05) is 18.8 Å². The van der Waals surface area contributed by atoms with Gasteiger partial charge in [0.2, 0.25) is 11.0 Å². The van der Waals surface area contributed by atoms with E-state index in [1.54, 1.807) is 0 Å². The number of ether oxygens (including phenoxy) is 1. The van der Waals surface area contributed by atoms with Crippen molar-refractivity contribution in [1.82, 2.24) is 10.2 Å². The third-order valence-corrected chi connectivity index (χ3v) is 6.80. The van der Waals surface area contributed by atoms with Gasteiger partial charge in [0.15, 0.2) is 4.34 Å². The van der Waals surface area contributed by atoms with Crippen molar-refractivity contribution in [2.24, 2.45) is 0 Å². The van der Waals surface area contributed by atoms with Crippen molar-refractivity contribution in [3.63, 3.8) is 0 Å². The molecule has 1 fully saturated rings. The fourth-order valence-corrected chi connectivity index (χ4v) is 5.03. The van der Waals surface area contributed by atoms with Crippen LogP contribution in [0, 0.1) is 5.82 Å². The summed E-state index contributed by atoms with van der Waals surface area (Å²) in [6, 6.07) is 15.2. The van der Waals surface area contributed by atoms with Crippen molar-refractivity contribution < 1.29 is 13.9 Å². The lowest BCUT2D eigenvalue weighted by molar-refractivity contribution is -0.115. The highest BCUT2D eigenvalue weighted by atomic mass is 32.2. The molecule has 30 heavy (non-hydrogen) atoms. The first kappa shape index (κ1) is 20.8. The number of amides is 1. The Morgan fingerprint density at radius 3 is 2.73 bits per heavy atom. The largest absolute Gasteiger partial charge is 0.376 e. The number of nitrogens with one attached hydrogen (secondary N) is 2. The number of benzene rings is 2. The van der Waals surface area contributed by atoms with Crippen molar-refractivity contribution >= 4 is 39.8 Å². The van der Waals surface area contributed by atoms with Gasteiger partial charge in [-0.3, -0.25) is 4.79 Å². The molecule has 2 aromatic carbocycles. The summed E-state index contributed by atoms with van der Waals surface area (Å²) in [5.74, 6) is -0.555. The lowest BCUT2D eigenvalue weighted by Gasteiger charge is -2.15. The minimum absolute atomic E-state index is 0.207. The summed E-state index contributed by atoms with van der Waals surface area (Å²) in [5, 5.41) is 14.7. The van der Waals surface area contributed by atoms with E-state index in [1.807, 2.05) is 30.3 Å². The van der Waals surface area contributed by atoms with Crippen molar-refractivity contribution in [2.75, 3.05) is 23.8 Å². The van der Waals surface area contributed by atoms with E-state index in [-0.39, 0.29) is 17.8 Å². The number of thioether (sulfide) groups is 1. The molecule has 1 aliphatic heterocycles. The summed E-state index contributed by atoms with van der Waals surface area (Å²) in [5.41, 5.74) is 1.39. The standard InChI is InChI=1S/C21H21FN4O2S2/c22-15-8-10-16(11-9-15)24-19(27)18(14-5-2-1-3-6-14)29-21-26-25-20(30-21)23-13-17-7-4-12-28-17/h1-3,5-6,8-11,17-18H,4,7,12-13H2,(H,23,25)(H,24,27)/t17-,18+/m0/s1. The molecule has 156 valence electrons. The lowest BCUT2D eigenvalue weighted by atomic mass is 10.1. The molecule has 9 heteroatoms. The first-order chi connectivity index (χ1) is 14.7. The number of carbonyl (C=O) groups excluding carboxylic acids is 1. The topological polar surface area (TPSA) is 76.1 Å². The highest BCUT2D eigenvalue weighted by Gasteiger charge is 2.24. The summed E-state index contributed by atoms with van der Waals surface area (Å²) in [6.07, 6.45) is 2.35. The Balaban J connectivity index is 1.45. The van der Waals surface area contributed by atoms with Crippen LogP contribution >= 0.6 is 23.1 Å². The quantitative estimate of drug-likeness (QED) is 0.489. The molecule has 1 aliphatic rings. The fraction of sp³-hybridized carbons (Fsp3) is 0.286. The number of carbonyl (C=O) groups is 1. The van der Waals surface area contributed by atoms with E-state index in [0.717, 1.165) is 25.0 Å². The third-order valence-electron chi connectivity index (χ3n) is 4.58. The van der Waals surface area contributed by atoms with Crippen LogP contribution in [0.3, 0.4) is 0 Å². The summed E-state index contributed by atoms with van der Waals surface area (Å²) in [4.78, 5) is 13.0. The molecule has 0 bridgehead atoms. The smallest absolute Gasteiger partial charge is 0.242 e. The minimum Gasteiger partial charge on any atom is -0.376 e. The Morgan fingerprint density at radius 2 is 2.00 bits per heavy atom. The van der Waals surface area contributed by atoms with Crippen LogP contribution in [0.5, 0.6) is 0 Å². The van der Waals surface area contributed by atoms with Gasteiger partial charge in [-0.1, -0.05) is 53.4 Å². The number of rotatable bonds is 8. The zero-order valence-electron chi connectivity index (χ0n) is 16.1. The summed E-state index contributed by atoms with van der Waals surface area (Å²) in [7, 11) is 0. The van der Waals surface area contributed by atoms with Crippen molar-refractivity contribution in [3.8, 4) is 0 Å². The van der Waals surface area contributed by atoms with Crippen LogP contribution in [0.2, 0.25) is 0 Å². The fourth-order valence-electron chi connectivity index (χ4n) is 3.08. The third kappa shape index (κ3) is 5.56. The van der Waals surface area contributed by atoms with Gasteiger partial charge >= 0.3 is 0 Å². The van der Waals surface area contributed by atoms with E-state index in [2.05, 4.69) is 20.8 Å². The number of aromatic nitrogens is 2. The van der Waals surface area contributed by atoms with Gasteiger partial charge in [-0.2, -0.15) is 0 Å². The van der Waals surface area contributed by atoms with E-state index in [0.29, 0.717) is 21.7 Å². The molecule has 0 saturated carbocycles. The van der Waals surface area contributed by atoms with Gasteiger partial charge in [0.1, 0.15) is 11.1 Å². The SMILES string of the molecule is O=C(Nc1ccc(F)cc1)[C@H](Sc1nnc(NC[C@@H]2CCCO2)s1)c1ccccc1. The number of halogens is 1. The van der Waals surface area contributed by atoms with Crippen LogP contribution in [-0.4, -0.2) is 35.4 Å². The minimum atomic E-state index is -0.518. The van der Waals surface area contributed by atoms with Crippen LogP contribution < -0.4 is 10.6 Å². The summed E-state index contributed by atoms with van der Waals surface area (Å²) in [6.45, 7) is 1.51. The molecule has 1 aromatic heterocycles. The Labute approximate surface area is 182 Å². The van der Waals surface area contributed by atoms with Crippen molar-refractivity contribution in [3.05, 3.63) is 66.0 Å². The Morgan fingerprint density at radius 1 is 1.20 bits per heavy atom. The maximum absolute atomic E-state index is 13.2. The summed E-state index contributed by atoms with van der Waals surface area (Å²) < 4.78 is 19.5. The molecule has 2 atom stereocenters. The predicted molar refractivity (Wildman–Crippen MR) is 117 cm³/mol. The van der Waals surface area contributed by atoms with E-state index >= 15 is 0 Å². The van der Waals surface area contributed by atoms with Crippen LogP contribution in [0.15, 0.2) is 58.9 Å². The molecule has 2 heterocycles. The molecule has 4 rings (SSSR count). The maximum Gasteiger partial charge on any atom is 0.242 e. The van der Waals surface area contributed by atoms with Gasteiger partial charge in [-0.25, -0.2) is 4.39 Å². The van der Waals surface area contributed by atoms with E-state index in [1.165, 1.54) is 47.4 Å². The number of nitrogens with zero attached hydrogens (tertiary/aromatic N) is 2. The highest BCUT2D eigenvalue weighted by molar-refractivity contribution is 8.02. The van der Waals surface area contributed by atoms with E-state index in [9.17, 15) is 9.18 Å². The Hall–Kier alpha value is -2.49. The molecule has 6 nitrogen and oxygen atoms in total. The molecule has 1 saturated heterocycles. The molecule has 2 N–H and O–H groups in total. The van der Waals surface area contributed by atoms with Crippen LogP contribution in [0.25, 0.3) is 0 Å². The van der Waals surface area contributed by atoms with Gasteiger partial charge in [0.05, 0.1) is 6.10 Å². The zero-order chi connectivity index (χ0) is 20.8. The van der Waals surface area contributed by atoms with Crippen molar-refractivity contribution in [1.29, 1.82) is 0 Å². The second-order valence-electron chi connectivity index (χ2n) is 6.79. The van der Waals surface area contributed by atoms with Gasteiger partial charge < -0.3 is 15.4 Å². The van der Waals surface area contributed by atoms with Crippen molar-refractivity contribution in [2.45, 2.75) is 28.5 Å². The zero-order valence-corrected chi connectivity index (χ0v) is 17.7. The average Bonchev–Trinajstić information content (AvgIpc) is 3.44. The molecule has 3 aromatic rings. The number of hydrogen-bond donors (Lipinski definition) is 2. The molecule has 0 unspecified atom stereocenters. The monoisotopic (exact) mass is 444 g/mol. The first-order valence-corrected chi connectivity index (χ1v) is 11.3. The first-order valence-electron chi connectivity index (χ1n) is 9.64. The second-order valence-corrected chi connectivity index (χ2v) is 9.12. The molecular weight excluding hydrogens is 423 g/mol. The summed E-state index contributed by atoms with van der Waals surface area (Å²) >= 11 is 2.75. The maximum atomic E-state index is 13.2. The van der Waals surface area contributed by atoms with Crippen LogP contribution in [0.4, 0.5) is 15.2 Å². The number of anilines is 2. The van der Waals surface area contributed by atoms with Gasteiger partial charge in [-0.05, 0) is 42.7 Å². The highest BCUT2D eigenvalue weighted by Crippen LogP contribution is 2.38.